The Balaban J connectivity index is 2.06. The molecule has 4 rings (SSSR count). The molecule has 8 heteroatoms. The molecule has 0 amide bonds. The summed E-state index contributed by atoms with van der Waals surface area (Å²) in [5.41, 5.74) is 0.623. The van der Waals surface area contributed by atoms with Crippen LogP contribution in [0.25, 0.3) is 11.0 Å². The van der Waals surface area contributed by atoms with Crippen LogP contribution < -0.4 is 15.2 Å². The molecule has 0 aromatic carbocycles. The van der Waals surface area contributed by atoms with Crippen LogP contribution >= 0.6 is 0 Å². The summed E-state index contributed by atoms with van der Waals surface area (Å²) in [6.45, 7) is 4.63. The number of fused-ring (bicyclic) bond motifs is 5. The molecular weight excluding hydrogens is 327 g/mol. The SMILES string of the molecule is Cc1nc2c(cc1F)c1c(c(=O)n2C)OC(=O)C2CN(C)C(C)CN12. The van der Waals surface area contributed by atoms with Gasteiger partial charge >= 0.3 is 5.97 Å². The van der Waals surface area contributed by atoms with Crippen molar-refractivity contribution in [1.29, 1.82) is 0 Å². The predicted octanol–water partition coefficient (Wildman–Crippen LogP) is 0.809. The maximum atomic E-state index is 14.2. The summed E-state index contributed by atoms with van der Waals surface area (Å²) < 4.78 is 20.9. The van der Waals surface area contributed by atoms with Gasteiger partial charge in [0.25, 0.3) is 5.56 Å². The minimum Gasteiger partial charge on any atom is -0.417 e. The van der Waals surface area contributed by atoms with Crippen LogP contribution in [0.1, 0.15) is 12.6 Å². The maximum Gasteiger partial charge on any atom is 0.335 e. The topological polar surface area (TPSA) is 67.7 Å². The first kappa shape index (κ1) is 16.0. The molecule has 2 aromatic heterocycles. The Morgan fingerprint density at radius 1 is 1.28 bits per heavy atom. The number of aromatic nitrogens is 2. The molecular formula is C17H19FN4O3. The molecule has 0 N–H and O–H groups in total. The van der Waals surface area contributed by atoms with Crippen molar-refractivity contribution in [2.45, 2.75) is 25.9 Å². The summed E-state index contributed by atoms with van der Waals surface area (Å²) >= 11 is 0. The molecule has 2 atom stereocenters. The van der Waals surface area contributed by atoms with E-state index >= 15 is 0 Å². The molecule has 2 aromatic rings. The summed E-state index contributed by atoms with van der Waals surface area (Å²) in [5.74, 6) is -0.953. The zero-order chi connectivity index (χ0) is 18.0. The summed E-state index contributed by atoms with van der Waals surface area (Å²) in [6, 6.07) is 1.03. The number of ether oxygens (including phenoxy) is 1. The number of carbonyl (C=O) groups is 1. The zero-order valence-electron chi connectivity index (χ0n) is 14.5. The molecule has 2 aliphatic rings. The molecule has 0 bridgehead atoms. The molecule has 2 unspecified atom stereocenters. The Morgan fingerprint density at radius 2 is 2.00 bits per heavy atom. The van der Waals surface area contributed by atoms with Crippen LogP contribution in [0.2, 0.25) is 0 Å². The van der Waals surface area contributed by atoms with Gasteiger partial charge < -0.3 is 9.64 Å². The molecule has 7 nitrogen and oxygen atoms in total. The van der Waals surface area contributed by atoms with Crippen LogP contribution in [0, 0.1) is 12.7 Å². The van der Waals surface area contributed by atoms with Crippen molar-refractivity contribution in [2.75, 3.05) is 25.0 Å². The minimum absolute atomic E-state index is 0.0435. The molecule has 0 saturated carbocycles. The lowest BCUT2D eigenvalue weighted by Crippen LogP contribution is -2.62. The highest BCUT2D eigenvalue weighted by Crippen LogP contribution is 2.39. The van der Waals surface area contributed by atoms with Gasteiger partial charge in [-0.25, -0.2) is 14.2 Å². The quantitative estimate of drug-likeness (QED) is 0.658. The Kier molecular flexibility index (Phi) is 3.37. The van der Waals surface area contributed by atoms with Crippen molar-refractivity contribution < 1.29 is 13.9 Å². The lowest BCUT2D eigenvalue weighted by Gasteiger charge is -2.46. The van der Waals surface area contributed by atoms with Crippen LogP contribution in [0.5, 0.6) is 5.75 Å². The molecule has 0 radical (unpaired) electrons. The van der Waals surface area contributed by atoms with E-state index in [0.29, 0.717) is 29.8 Å². The highest BCUT2D eigenvalue weighted by Gasteiger charge is 2.43. The highest BCUT2D eigenvalue weighted by atomic mass is 19.1. The second kappa shape index (κ2) is 5.26. The fourth-order valence-electron chi connectivity index (χ4n) is 3.57. The van der Waals surface area contributed by atoms with E-state index in [2.05, 4.69) is 9.88 Å². The van der Waals surface area contributed by atoms with Gasteiger partial charge in [-0.05, 0) is 27.0 Å². The normalized spacial score (nSPS) is 23.4. The lowest BCUT2D eigenvalue weighted by molar-refractivity contribution is -0.138. The maximum absolute atomic E-state index is 14.2. The third kappa shape index (κ3) is 2.17. The van der Waals surface area contributed by atoms with Gasteiger partial charge in [-0.1, -0.05) is 0 Å². The van der Waals surface area contributed by atoms with E-state index < -0.39 is 23.4 Å². The van der Waals surface area contributed by atoms with Gasteiger partial charge in [0.2, 0.25) is 5.75 Å². The zero-order valence-corrected chi connectivity index (χ0v) is 14.5. The van der Waals surface area contributed by atoms with Gasteiger partial charge in [-0.2, -0.15) is 0 Å². The Morgan fingerprint density at radius 3 is 2.72 bits per heavy atom. The summed E-state index contributed by atoms with van der Waals surface area (Å²) in [4.78, 5) is 33.3. The van der Waals surface area contributed by atoms with Gasteiger partial charge in [-0.3, -0.25) is 14.3 Å². The van der Waals surface area contributed by atoms with Crippen molar-refractivity contribution in [3.63, 3.8) is 0 Å². The van der Waals surface area contributed by atoms with Crippen molar-refractivity contribution in [2.24, 2.45) is 7.05 Å². The summed E-state index contributed by atoms with van der Waals surface area (Å²) in [6.07, 6.45) is 0. The van der Waals surface area contributed by atoms with Crippen molar-refractivity contribution in [3.05, 3.63) is 27.9 Å². The molecule has 0 spiro atoms. The molecule has 0 aliphatic carbocycles. The van der Waals surface area contributed by atoms with Gasteiger partial charge in [-0.15, -0.1) is 0 Å². The first-order valence-corrected chi connectivity index (χ1v) is 8.18. The Hall–Kier alpha value is -2.48. The number of halogens is 1. The van der Waals surface area contributed by atoms with E-state index in [0.717, 1.165) is 0 Å². The number of pyridine rings is 2. The smallest absolute Gasteiger partial charge is 0.335 e. The fourth-order valence-corrected chi connectivity index (χ4v) is 3.57. The molecule has 1 saturated heterocycles. The van der Waals surface area contributed by atoms with Gasteiger partial charge in [0, 0.05) is 31.6 Å². The number of likely N-dealkylation sites (N-methyl/N-ethyl adjacent to an activating group) is 1. The van der Waals surface area contributed by atoms with Crippen molar-refractivity contribution in [3.8, 4) is 5.75 Å². The van der Waals surface area contributed by atoms with Gasteiger partial charge in [0.15, 0.2) is 0 Å². The third-order valence-corrected chi connectivity index (χ3v) is 5.23. The molecule has 132 valence electrons. The first-order valence-electron chi connectivity index (χ1n) is 8.18. The highest BCUT2D eigenvalue weighted by molar-refractivity contribution is 5.99. The predicted molar refractivity (Wildman–Crippen MR) is 90.5 cm³/mol. The largest absolute Gasteiger partial charge is 0.417 e. The average molecular weight is 346 g/mol. The number of anilines is 1. The third-order valence-electron chi connectivity index (χ3n) is 5.23. The van der Waals surface area contributed by atoms with E-state index in [4.69, 9.17) is 4.74 Å². The van der Waals surface area contributed by atoms with Crippen molar-refractivity contribution in [1.82, 2.24) is 14.5 Å². The number of rotatable bonds is 0. The summed E-state index contributed by atoms with van der Waals surface area (Å²) in [5, 5.41) is 0.481. The number of esters is 1. The Bertz CT molecular complexity index is 971. The lowest BCUT2D eigenvalue weighted by atomic mass is 10.0. The number of piperazine rings is 1. The van der Waals surface area contributed by atoms with E-state index in [9.17, 15) is 14.0 Å². The second-order valence-electron chi connectivity index (χ2n) is 6.85. The monoisotopic (exact) mass is 346 g/mol. The van der Waals surface area contributed by atoms with Gasteiger partial charge in [0.1, 0.15) is 17.5 Å². The first-order chi connectivity index (χ1) is 11.8. The number of aryl methyl sites for hydroxylation is 2. The fraction of sp³-hybridized carbons (Fsp3) is 0.471. The Labute approximate surface area is 143 Å². The average Bonchev–Trinajstić information content (AvgIpc) is 2.56. The molecule has 2 aliphatic heterocycles. The summed E-state index contributed by atoms with van der Waals surface area (Å²) in [7, 11) is 3.49. The van der Waals surface area contributed by atoms with Crippen LogP contribution in [-0.2, 0) is 11.8 Å². The van der Waals surface area contributed by atoms with E-state index in [1.54, 1.807) is 14.0 Å². The van der Waals surface area contributed by atoms with E-state index in [1.807, 2.05) is 18.9 Å². The van der Waals surface area contributed by atoms with Crippen LogP contribution in [0.4, 0.5) is 10.1 Å². The standard InChI is InChI=1S/C17H19FN4O3/c1-8-6-22-12(7-20(8)3)17(24)25-14-13(22)10-5-11(18)9(2)19-15(10)21(4)16(14)23/h5,8,12H,6-7H2,1-4H3. The number of carbonyl (C=O) groups excluding carboxylic acids is 1. The minimum atomic E-state index is -0.520. The van der Waals surface area contributed by atoms with Crippen LogP contribution in [0.15, 0.2) is 10.9 Å². The van der Waals surface area contributed by atoms with E-state index in [-0.39, 0.29) is 17.5 Å². The number of nitrogens with zero attached hydrogens (tertiary/aromatic N) is 4. The number of hydrogen-bond donors (Lipinski definition) is 0. The van der Waals surface area contributed by atoms with Crippen LogP contribution in [-0.4, -0.2) is 52.6 Å². The molecule has 4 heterocycles. The van der Waals surface area contributed by atoms with E-state index in [1.165, 1.54) is 10.6 Å². The molecule has 25 heavy (non-hydrogen) atoms. The second-order valence-corrected chi connectivity index (χ2v) is 6.85. The van der Waals surface area contributed by atoms with Crippen LogP contribution in [0.3, 0.4) is 0 Å². The molecule has 1 fully saturated rings. The van der Waals surface area contributed by atoms with Gasteiger partial charge in [0.05, 0.1) is 11.4 Å². The van der Waals surface area contributed by atoms with Crippen molar-refractivity contribution >= 4 is 22.7 Å². The number of hydrogen-bond acceptors (Lipinski definition) is 6.